The van der Waals surface area contributed by atoms with Crippen LogP contribution in [0.25, 0.3) is 0 Å². The summed E-state index contributed by atoms with van der Waals surface area (Å²) in [5.41, 5.74) is 0. The second-order valence-corrected chi connectivity index (χ2v) is 4.34. The molecule has 4 heteroatoms. The van der Waals surface area contributed by atoms with Crippen molar-refractivity contribution in [2.45, 2.75) is 12.3 Å². The molecule has 3 nitrogen and oxygen atoms in total. The third-order valence-corrected chi connectivity index (χ3v) is 3.28. The van der Waals surface area contributed by atoms with Crippen molar-refractivity contribution in [3.63, 3.8) is 0 Å². The number of furan rings is 1. The Morgan fingerprint density at radius 2 is 2.31 bits per heavy atom. The van der Waals surface area contributed by atoms with Gasteiger partial charge in [-0.1, -0.05) is 6.07 Å². The van der Waals surface area contributed by atoms with Gasteiger partial charge in [-0.15, -0.1) is 11.3 Å². The first-order valence-corrected chi connectivity index (χ1v) is 5.74. The van der Waals surface area contributed by atoms with Crippen LogP contribution in [0.3, 0.4) is 0 Å². The van der Waals surface area contributed by atoms with E-state index in [9.17, 15) is 9.59 Å². The average Bonchev–Trinajstić information content (AvgIpc) is 2.96. The predicted molar refractivity (Wildman–Crippen MR) is 60.8 cm³/mol. The lowest BCUT2D eigenvalue weighted by atomic mass is 10.0. The Hall–Kier alpha value is -1.68. The second-order valence-electron chi connectivity index (χ2n) is 3.36. The van der Waals surface area contributed by atoms with Crippen LogP contribution in [0.5, 0.6) is 0 Å². The molecule has 0 spiro atoms. The molecule has 1 atom stereocenters. The zero-order valence-electron chi connectivity index (χ0n) is 8.46. The molecule has 0 N–H and O–H groups in total. The van der Waals surface area contributed by atoms with E-state index >= 15 is 0 Å². The van der Waals surface area contributed by atoms with E-state index in [2.05, 4.69) is 0 Å². The normalized spacial score (nSPS) is 12.2. The SMILES string of the molecule is O=CC(CC(=O)c1ccco1)c1cccs1. The van der Waals surface area contributed by atoms with Crippen molar-refractivity contribution in [2.24, 2.45) is 0 Å². The fraction of sp³-hybridized carbons (Fsp3) is 0.167. The van der Waals surface area contributed by atoms with Crippen molar-refractivity contribution in [3.8, 4) is 0 Å². The molecule has 0 saturated heterocycles. The largest absolute Gasteiger partial charge is 0.461 e. The van der Waals surface area contributed by atoms with Crippen LogP contribution in [0.15, 0.2) is 40.3 Å². The lowest BCUT2D eigenvalue weighted by Crippen LogP contribution is -2.06. The van der Waals surface area contributed by atoms with Gasteiger partial charge in [0.1, 0.15) is 6.29 Å². The van der Waals surface area contributed by atoms with Gasteiger partial charge in [0, 0.05) is 11.3 Å². The highest BCUT2D eigenvalue weighted by molar-refractivity contribution is 7.10. The smallest absolute Gasteiger partial charge is 0.199 e. The molecule has 2 heterocycles. The van der Waals surface area contributed by atoms with Crippen molar-refractivity contribution < 1.29 is 14.0 Å². The summed E-state index contributed by atoms with van der Waals surface area (Å²) >= 11 is 1.48. The van der Waals surface area contributed by atoms with Gasteiger partial charge in [0.25, 0.3) is 0 Å². The van der Waals surface area contributed by atoms with Gasteiger partial charge in [0.15, 0.2) is 11.5 Å². The van der Waals surface area contributed by atoms with Gasteiger partial charge in [-0.3, -0.25) is 4.79 Å². The highest BCUT2D eigenvalue weighted by Gasteiger charge is 2.18. The maximum Gasteiger partial charge on any atom is 0.199 e. The first-order valence-electron chi connectivity index (χ1n) is 4.86. The van der Waals surface area contributed by atoms with Crippen molar-refractivity contribution in [1.29, 1.82) is 0 Å². The number of Topliss-reactive ketones (excluding diaryl/α,β-unsaturated/α-hetero) is 1. The lowest BCUT2D eigenvalue weighted by Gasteiger charge is -2.05. The molecule has 2 aromatic heterocycles. The first-order chi connectivity index (χ1) is 7.81. The lowest BCUT2D eigenvalue weighted by molar-refractivity contribution is -0.109. The van der Waals surface area contributed by atoms with E-state index in [-0.39, 0.29) is 18.1 Å². The molecule has 82 valence electrons. The quantitative estimate of drug-likeness (QED) is 0.590. The van der Waals surface area contributed by atoms with Gasteiger partial charge < -0.3 is 9.21 Å². The van der Waals surface area contributed by atoms with Crippen LogP contribution < -0.4 is 0 Å². The Kier molecular flexibility index (Phi) is 3.31. The summed E-state index contributed by atoms with van der Waals surface area (Å²) in [7, 11) is 0. The molecule has 16 heavy (non-hydrogen) atoms. The van der Waals surface area contributed by atoms with Crippen LogP contribution in [0.4, 0.5) is 0 Å². The van der Waals surface area contributed by atoms with Crippen LogP contribution >= 0.6 is 11.3 Å². The molecule has 0 aliphatic heterocycles. The van der Waals surface area contributed by atoms with Crippen LogP contribution in [0.1, 0.15) is 27.8 Å². The summed E-state index contributed by atoms with van der Waals surface area (Å²) < 4.78 is 5.00. The first kappa shape index (κ1) is 10.8. The zero-order chi connectivity index (χ0) is 11.4. The molecular formula is C12H10O3S. The molecule has 0 amide bonds. The number of ketones is 1. The summed E-state index contributed by atoms with van der Waals surface area (Å²) in [6, 6.07) is 7.00. The van der Waals surface area contributed by atoms with Crippen molar-refractivity contribution in [1.82, 2.24) is 0 Å². The molecule has 2 aromatic rings. The topological polar surface area (TPSA) is 47.3 Å². The number of carbonyl (C=O) groups excluding carboxylic acids is 2. The van der Waals surface area contributed by atoms with Crippen LogP contribution in [0, 0.1) is 0 Å². The summed E-state index contributed by atoms with van der Waals surface area (Å²) in [5, 5.41) is 1.89. The molecule has 0 aromatic carbocycles. The molecule has 0 aliphatic rings. The van der Waals surface area contributed by atoms with E-state index in [0.717, 1.165) is 11.2 Å². The Morgan fingerprint density at radius 1 is 1.44 bits per heavy atom. The predicted octanol–water partition coefficient (Wildman–Crippen LogP) is 2.90. The average molecular weight is 234 g/mol. The highest BCUT2D eigenvalue weighted by atomic mass is 32.1. The van der Waals surface area contributed by atoms with Gasteiger partial charge in [-0.2, -0.15) is 0 Å². The molecule has 0 radical (unpaired) electrons. The number of rotatable bonds is 5. The fourth-order valence-corrected chi connectivity index (χ4v) is 2.24. The van der Waals surface area contributed by atoms with E-state index in [1.54, 1.807) is 12.1 Å². The van der Waals surface area contributed by atoms with Crippen LogP contribution in [0.2, 0.25) is 0 Å². The minimum Gasteiger partial charge on any atom is -0.461 e. The highest BCUT2D eigenvalue weighted by Crippen LogP contribution is 2.24. The van der Waals surface area contributed by atoms with E-state index in [1.807, 2.05) is 17.5 Å². The van der Waals surface area contributed by atoms with Gasteiger partial charge in [-0.05, 0) is 23.6 Å². The van der Waals surface area contributed by atoms with E-state index in [1.165, 1.54) is 17.6 Å². The summed E-state index contributed by atoms with van der Waals surface area (Å²) in [6.45, 7) is 0. The molecule has 2 rings (SSSR count). The zero-order valence-corrected chi connectivity index (χ0v) is 9.28. The minimum atomic E-state index is -0.363. The van der Waals surface area contributed by atoms with E-state index < -0.39 is 0 Å². The standard InChI is InChI=1S/C12H10O3S/c13-8-9(12-4-2-6-16-12)7-10(14)11-3-1-5-15-11/h1-6,8-9H,7H2. The molecular weight excluding hydrogens is 224 g/mol. The maximum absolute atomic E-state index is 11.7. The minimum absolute atomic E-state index is 0.143. The number of hydrogen-bond donors (Lipinski definition) is 0. The summed E-state index contributed by atoms with van der Waals surface area (Å²) in [6.07, 6.45) is 2.43. The van der Waals surface area contributed by atoms with Crippen molar-refractivity contribution in [3.05, 3.63) is 46.5 Å². The van der Waals surface area contributed by atoms with Gasteiger partial charge in [0.05, 0.1) is 12.2 Å². The van der Waals surface area contributed by atoms with Crippen molar-refractivity contribution >= 4 is 23.4 Å². The fourth-order valence-electron chi connectivity index (χ4n) is 1.46. The van der Waals surface area contributed by atoms with Crippen LogP contribution in [-0.4, -0.2) is 12.1 Å². The molecule has 1 unspecified atom stereocenters. The Labute approximate surface area is 96.7 Å². The Balaban J connectivity index is 2.08. The molecule has 0 bridgehead atoms. The van der Waals surface area contributed by atoms with E-state index in [4.69, 9.17) is 4.42 Å². The third kappa shape index (κ3) is 2.28. The number of carbonyl (C=O) groups is 2. The summed E-state index contributed by atoms with van der Waals surface area (Å²) in [5.74, 6) is -0.198. The van der Waals surface area contributed by atoms with Crippen LogP contribution in [-0.2, 0) is 4.79 Å². The van der Waals surface area contributed by atoms with Crippen molar-refractivity contribution in [2.75, 3.05) is 0 Å². The number of thiophene rings is 1. The summed E-state index contributed by atoms with van der Waals surface area (Å²) in [4.78, 5) is 23.6. The monoisotopic (exact) mass is 234 g/mol. The molecule has 0 fully saturated rings. The Morgan fingerprint density at radius 3 is 2.88 bits per heavy atom. The van der Waals surface area contributed by atoms with Gasteiger partial charge in [-0.25, -0.2) is 0 Å². The van der Waals surface area contributed by atoms with Gasteiger partial charge >= 0.3 is 0 Å². The second kappa shape index (κ2) is 4.90. The van der Waals surface area contributed by atoms with E-state index in [0.29, 0.717) is 5.76 Å². The molecule has 0 saturated carbocycles. The third-order valence-electron chi connectivity index (χ3n) is 2.27. The number of hydrogen-bond acceptors (Lipinski definition) is 4. The molecule has 0 aliphatic carbocycles. The number of aldehydes is 1. The maximum atomic E-state index is 11.7. The Bertz CT molecular complexity index is 456. The van der Waals surface area contributed by atoms with Gasteiger partial charge in [0.2, 0.25) is 0 Å².